The summed E-state index contributed by atoms with van der Waals surface area (Å²) in [5, 5.41) is 4.71. The van der Waals surface area contributed by atoms with E-state index < -0.39 is 10.0 Å². The Labute approximate surface area is 152 Å². The number of aryl methyl sites for hydroxylation is 2. The number of benzene rings is 2. The predicted octanol–water partition coefficient (Wildman–Crippen LogP) is 4.00. The highest BCUT2D eigenvalue weighted by Crippen LogP contribution is 2.25. The number of nitrogens with zero attached hydrogens (tertiary/aromatic N) is 2. The summed E-state index contributed by atoms with van der Waals surface area (Å²) in [7, 11) is -3.67. The molecule has 3 rings (SSSR count). The Bertz CT molecular complexity index is 982. The van der Waals surface area contributed by atoms with Crippen LogP contribution < -0.4 is 4.72 Å². The summed E-state index contributed by atoms with van der Waals surface area (Å²) < 4.78 is 29.7. The van der Waals surface area contributed by atoms with E-state index in [1.807, 2.05) is 24.4 Å². The lowest BCUT2D eigenvalue weighted by Crippen LogP contribution is -2.14. The lowest BCUT2D eigenvalue weighted by atomic mass is 10.2. The molecule has 0 spiro atoms. The van der Waals surface area contributed by atoms with Crippen LogP contribution in [0.15, 0.2) is 59.8 Å². The van der Waals surface area contributed by atoms with Crippen LogP contribution in [0.4, 0.5) is 5.69 Å². The second kappa shape index (κ2) is 6.90. The molecule has 5 nitrogen and oxygen atoms in total. The lowest BCUT2D eigenvalue weighted by molar-refractivity contribution is 0.600. The van der Waals surface area contributed by atoms with Crippen molar-refractivity contribution in [3.63, 3.8) is 0 Å². The summed E-state index contributed by atoms with van der Waals surface area (Å²) in [5.41, 5.74) is 2.88. The third-order valence-corrected chi connectivity index (χ3v) is 5.79. The number of nitrogens with one attached hydrogen (secondary N) is 1. The van der Waals surface area contributed by atoms with Crippen LogP contribution in [0.3, 0.4) is 0 Å². The first kappa shape index (κ1) is 17.5. The predicted molar refractivity (Wildman–Crippen MR) is 99.5 cm³/mol. The highest BCUT2D eigenvalue weighted by Gasteiger charge is 2.18. The van der Waals surface area contributed by atoms with E-state index in [9.17, 15) is 8.42 Å². The molecule has 0 bridgehead atoms. The lowest BCUT2D eigenvalue weighted by Gasteiger charge is -2.12. The zero-order chi connectivity index (χ0) is 18.0. The molecule has 0 radical (unpaired) electrons. The monoisotopic (exact) mass is 375 g/mol. The summed E-state index contributed by atoms with van der Waals surface area (Å²) in [4.78, 5) is 0.231. The van der Waals surface area contributed by atoms with Gasteiger partial charge in [0.25, 0.3) is 10.0 Å². The molecule has 1 heterocycles. The third-order valence-electron chi connectivity index (χ3n) is 3.86. The summed E-state index contributed by atoms with van der Waals surface area (Å²) in [6, 6.07) is 12.4. The Balaban J connectivity index is 1.80. The summed E-state index contributed by atoms with van der Waals surface area (Å²) in [6.45, 7) is 4.15. The minimum atomic E-state index is -3.67. The van der Waals surface area contributed by atoms with Crippen molar-refractivity contribution in [2.24, 2.45) is 0 Å². The van der Waals surface area contributed by atoms with E-state index >= 15 is 0 Å². The molecule has 1 N–H and O–H groups in total. The Hall–Kier alpha value is -2.31. The Morgan fingerprint density at radius 2 is 1.84 bits per heavy atom. The van der Waals surface area contributed by atoms with Crippen LogP contribution in [0, 0.1) is 13.8 Å². The van der Waals surface area contributed by atoms with Gasteiger partial charge in [-0.3, -0.25) is 9.40 Å². The average Bonchev–Trinajstić information content (AvgIpc) is 3.05. The molecular weight excluding hydrogens is 358 g/mol. The van der Waals surface area contributed by atoms with Crippen molar-refractivity contribution >= 4 is 27.3 Å². The van der Waals surface area contributed by atoms with Crippen molar-refractivity contribution in [2.75, 3.05) is 4.72 Å². The first-order chi connectivity index (χ1) is 11.8. The molecule has 7 heteroatoms. The number of hydrogen-bond donors (Lipinski definition) is 1. The van der Waals surface area contributed by atoms with Crippen LogP contribution in [0.25, 0.3) is 0 Å². The normalized spacial score (nSPS) is 11.5. The molecule has 0 saturated heterocycles. The van der Waals surface area contributed by atoms with Crippen LogP contribution in [0.1, 0.15) is 16.7 Å². The van der Waals surface area contributed by atoms with Crippen LogP contribution >= 0.6 is 11.6 Å². The zero-order valence-corrected chi connectivity index (χ0v) is 15.5. The molecule has 1 aromatic heterocycles. The maximum atomic E-state index is 12.7. The Kier molecular flexibility index (Phi) is 4.83. The number of hydrogen-bond acceptors (Lipinski definition) is 3. The molecule has 0 saturated carbocycles. The SMILES string of the molecule is Cc1cc(S(=O)(=O)Nc2ccc(Cn3cccn3)cc2)c(C)cc1Cl. The van der Waals surface area contributed by atoms with E-state index in [1.165, 1.54) is 0 Å². The molecule has 0 aliphatic carbocycles. The number of rotatable bonds is 5. The van der Waals surface area contributed by atoms with E-state index in [0.29, 0.717) is 22.8 Å². The molecule has 0 aliphatic rings. The summed E-state index contributed by atoms with van der Waals surface area (Å²) >= 11 is 6.05. The highest BCUT2D eigenvalue weighted by atomic mass is 35.5. The maximum Gasteiger partial charge on any atom is 0.262 e. The smallest absolute Gasteiger partial charge is 0.262 e. The van der Waals surface area contributed by atoms with Crippen molar-refractivity contribution in [2.45, 2.75) is 25.3 Å². The first-order valence-electron chi connectivity index (χ1n) is 7.71. The fourth-order valence-electron chi connectivity index (χ4n) is 2.51. The van der Waals surface area contributed by atoms with Crippen LogP contribution in [-0.2, 0) is 16.6 Å². The second-order valence-corrected chi connectivity index (χ2v) is 7.93. The van der Waals surface area contributed by atoms with E-state index in [0.717, 1.165) is 11.1 Å². The number of aromatic nitrogens is 2. The molecule has 0 unspecified atom stereocenters. The maximum absolute atomic E-state index is 12.7. The van der Waals surface area contributed by atoms with E-state index in [1.54, 1.807) is 49.0 Å². The highest BCUT2D eigenvalue weighted by molar-refractivity contribution is 7.92. The molecule has 0 aliphatic heterocycles. The Morgan fingerprint density at radius 1 is 1.12 bits per heavy atom. The van der Waals surface area contributed by atoms with E-state index in [-0.39, 0.29) is 4.90 Å². The van der Waals surface area contributed by atoms with Crippen molar-refractivity contribution in [1.29, 1.82) is 0 Å². The van der Waals surface area contributed by atoms with Gasteiger partial charge >= 0.3 is 0 Å². The van der Waals surface area contributed by atoms with Crippen molar-refractivity contribution in [1.82, 2.24) is 9.78 Å². The van der Waals surface area contributed by atoms with Gasteiger partial charge in [0.15, 0.2) is 0 Å². The molecule has 130 valence electrons. The second-order valence-electron chi connectivity index (χ2n) is 5.87. The van der Waals surface area contributed by atoms with Crippen molar-refractivity contribution in [3.05, 3.63) is 76.6 Å². The van der Waals surface area contributed by atoms with Gasteiger partial charge in [0.2, 0.25) is 0 Å². The van der Waals surface area contributed by atoms with Crippen LogP contribution in [-0.4, -0.2) is 18.2 Å². The van der Waals surface area contributed by atoms with Gasteiger partial charge in [0.05, 0.1) is 11.4 Å². The number of halogens is 1. The Morgan fingerprint density at radius 3 is 2.48 bits per heavy atom. The molecule has 0 fully saturated rings. The largest absolute Gasteiger partial charge is 0.280 e. The standard InChI is InChI=1S/C18H18ClN3O2S/c1-13-11-18(14(2)10-17(13)19)25(23,24)21-16-6-4-15(5-7-16)12-22-9-3-8-20-22/h3-11,21H,12H2,1-2H3. The van der Waals surface area contributed by atoms with Gasteiger partial charge in [-0.15, -0.1) is 0 Å². The van der Waals surface area contributed by atoms with Gasteiger partial charge in [0, 0.05) is 23.1 Å². The summed E-state index contributed by atoms with van der Waals surface area (Å²) in [5.74, 6) is 0. The van der Waals surface area contributed by atoms with E-state index in [2.05, 4.69) is 9.82 Å². The molecule has 0 amide bonds. The molecule has 25 heavy (non-hydrogen) atoms. The van der Waals surface area contributed by atoms with Gasteiger partial charge in [-0.25, -0.2) is 8.42 Å². The first-order valence-corrected chi connectivity index (χ1v) is 9.57. The minimum Gasteiger partial charge on any atom is -0.280 e. The molecule has 0 atom stereocenters. The van der Waals surface area contributed by atoms with E-state index in [4.69, 9.17) is 11.6 Å². The average molecular weight is 376 g/mol. The number of sulfonamides is 1. The third kappa shape index (κ3) is 4.03. The van der Waals surface area contributed by atoms with Gasteiger partial charge < -0.3 is 0 Å². The van der Waals surface area contributed by atoms with Gasteiger partial charge in [0.1, 0.15) is 0 Å². The fraction of sp³-hybridized carbons (Fsp3) is 0.167. The number of anilines is 1. The van der Waals surface area contributed by atoms with Crippen LogP contribution in [0.5, 0.6) is 0 Å². The van der Waals surface area contributed by atoms with Crippen molar-refractivity contribution in [3.8, 4) is 0 Å². The summed E-state index contributed by atoms with van der Waals surface area (Å²) in [6.07, 6.45) is 3.60. The zero-order valence-electron chi connectivity index (χ0n) is 13.9. The van der Waals surface area contributed by atoms with Crippen LogP contribution in [0.2, 0.25) is 5.02 Å². The van der Waals surface area contributed by atoms with Gasteiger partial charge in [-0.05, 0) is 60.9 Å². The van der Waals surface area contributed by atoms with Crippen molar-refractivity contribution < 1.29 is 8.42 Å². The minimum absolute atomic E-state index is 0.231. The molecule has 2 aromatic carbocycles. The van der Waals surface area contributed by atoms with Gasteiger partial charge in [-0.2, -0.15) is 5.10 Å². The van der Waals surface area contributed by atoms with Gasteiger partial charge in [-0.1, -0.05) is 23.7 Å². The topological polar surface area (TPSA) is 64.0 Å². The fourth-order valence-corrected chi connectivity index (χ4v) is 4.10. The molecule has 3 aromatic rings. The molecular formula is C18H18ClN3O2S. The quantitative estimate of drug-likeness (QED) is 0.733.